The maximum atomic E-state index is 13.4. The highest BCUT2D eigenvalue weighted by Gasteiger charge is 2.37. The van der Waals surface area contributed by atoms with E-state index in [2.05, 4.69) is 15.9 Å². The first-order valence-electron chi connectivity index (χ1n) is 7.45. The van der Waals surface area contributed by atoms with Crippen LogP contribution in [0.4, 0.5) is 0 Å². The highest BCUT2D eigenvalue weighted by molar-refractivity contribution is 9.08. The average Bonchev–Trinajstić information content (AvgIpc) is 2.54. The van der Waals surface area contributed by atoms with Crippen molar-refractivity contribution < 1.29 is 13.9 Å². The topological polar surface area (TPSA) is 43.4 Å². The highest BCUT2D eigenvalue weighted by atomic mass is 79.9. The molecule has 0 aliphatic heterocycles. The summed E-state index contributed by atoms with van der Waals surface area (Å²) in [5.74, 6) is 0. The molecule has 0 fully saturated rings. The van der Waals surface area contributed by atoms with Gasteiger partial charge >= 0.3 is 7.37 Å². The van der Waals surface area contributed by atoms with Gasteiger partial charge in [-0.1, -0.05) is 46.3 Å². The molecule has 1 unspecified atom stereocenters. The maximum Gasteiger partial charge on any atom is 0.300 e. The maximum absolute atomic E-state index is 13.4. The Kier molecular flexibility index (Phi) is 5.96. The van der Waals surface area contributed by atoms with Gasteiger partial charge in [0, 0.05) is 16.2 Å². The van der Waals surface area contributed by atoms with E-state index in [-0.39, 0.29) is 6.61 Å². The summed E-state index contributed by atoms with van der Waals surface area (Å²) >= 11 is 3.42. The van der Waals surface area contributed by atoms with Gasteiger partial charge in [0.1, 0.15) is 0 Å². The summed E-state index contributed by atoms with van der Waals surface area (Å²) in [6.45, 7) is 5.70. The Morgan fingerprint density at radius 3 is 2.17 bits per heavy atom. The highest BCUT2D eigenvalue weighted by Crippen LogP contribution is 2.49. The molecule has 2 aromatic carbocycles. The van der Waals surface area contributed by atoms with Crippen LogP contribution in [0.2, 0.25) is 0 Å². The van der Waals surface area contributed by atoms with Crippen molar-refractivity contribution in [2.75, 3.05) is 6.61 Å². The third-order valence-electron chi connectivity index (χ3n) is 3.64. The van der Waals surface area contributed by atoms with Crippen molar-refractivity contribution >= 4 is 34.1 Å². The number of carbonyl (C=O) groups is 1. The van der Waals surface area contributed by atoms with Crippen molar-refractivity contribution in [3.63, 3.8) is 0 Å². The zero-order valence-electron chi connectivity index (χ0n) is 13.5. The van der Waals surface area contributed by atoms with Crippen molar-refractivity contribution in [1.82, 2.24) is 0 Å². The standard InChI is InChI=1S/C18H20BrO3P/c1-4-22-23(21,16-8-6-5-7-9-16)18(20)17-13(2)10-15(12-19)11-14(17)3/h5-11H,4,12H2,1-3H3. The van der Waals surface area contributed by atoms with Crippen molar-refractivity contribution in [3.8, 4) is 0 Å². The molecule has 0 amide bonds. The van der Waals surface area contributed by atoms with E-state index in [1.54, 1.807) is 31.2 Å². The number of aryl methyl sites for hydroxylation is 2. The summed E-state index contributed by atoms with van der Waals surface area (Å²) in [5.41, 5.74) is 2.79. The quantitative estimate of drug-likeness (QED) is 0.512. The lowest BCUT2D eigenvalue weighted by molar-refractivity contribution is 0.105. The van der Waals surface area contributed by atoms with Gasteiger partial charge in [-0.2, -0.15) is 0 Å². The van der Waals surface area contributed by atoms with Crippen LogP contribution >= 0.6 is 23.3 Å². The van der Waals surface area contributed by atoms with Crippen LogP contribution in [-0.4, -0.2) is 12.1 Å². The molecule has 0 aromatic heterocycles. The Morgan fingerprint density at radius 1 is 1.13 bits per heavy atom. The van der Waals surface area contributed by atoms with Crippen LogP contribution in [0.3, 0.4) is 0 Å². The average molecular weight is 395 g/mol. The van der Waals surface area contributed by atoms with Gasteiger partial charge in [-0.3, -0.25) is 9.36 Å². The molecule has 0 saturated carbocycles. The van der Waals surface area contributed by atoms with E-state index in [0.717, 1.165) is 16.7 Å². The van der Waals surface area contributed by atoms with Crippen LogP contribution < -0.4 is 5.30 Å². The Balaban J connectivity index is 2.58. The molecular weight excluding hydrogens is 375 g/mol. The van der Waals surface area contributed by atoms with Crippen LogP contribution in [0.25, 0.3) is 0 Å². The summed E-state index contributed by atoms with van der Waals surface area (Å²) in [5, 5.41) is 1.15. The van der Waals surface area contributed by atoms with Gasteiger partial charge in [0.05, 0.1) is 6.61 Å². The van der Waals surface area contributed by atoms with Crippen molar-refractivity contribution in [2.24, 2.45) is 0 Å². The van der Waals surface area contributed by atoms with Crippen LogP contribution in [0.15, 0.2) is 42.5 Å². The molecule has 1 atom stereocenters. The summed E-state index contributed by atoms with van der Waals surface area (Å²) in [7, 11) is -3.61. The van der Waals surface area contributed by atoms with Gasteiger partial charge in [0.25, 0.3) is 5.52 Å². The number of halogens is 1. The smallest absolute Gasteiger partial charge is 0.300 e. The Labute approximate surface area is 145 Å². The Morgan fingerprint density at radius 2 is 1.70 bits per heavy atom. The van der Waals surface area contributed by atoms with Crippen LogP contribution in [0.1, 0.15) is 34.0 Å². The minimum Gasteiger partial charge on any atom is -0.320 e. The second kappa shape index (κ2) is 7.57. The van der Waals surface area contributed by atoms with Crippen molar-refractivity contribution in [1.29, 1.82) is 0 Å². The first kappa shape index (κ1) is 18.1. The largest absolute Gasteiger partial charge is 0.320 e. The fourth-order valence-corrected chi connectivity index (χ4v) is 5.07. The first-order chi connectivity index (χ1) is 10.9. The number of hydrogen-bond donors (Lipinski definition) is 0. The zero-order valence-corrected chi connectivity index (χ0v) is 16.0. The second-order valence-corrected chi connectivity index (χ2v) is 8.19. The van der Waals surface area contributed by atoms with Gasteiger partial charge in [-0.15, -0.1) is 0 Å². The molecule has 0 saturated heterocycles. The van der Waals surface area contributed by atoms with Gasteiger partial charge in [0.15, 0.2) is 0 Å². The molecule has 122 valence electrons. The van der Waals surface area contributed by atoms with Crippen molar-refractivity contribution in [2.45, 2.75) is 26.1 Å². The molecular formula is C18H20BrO3P. The lowest BCUT2D eigenvalue weighted by atomic mass is 10.0. The SMILES string of the molecule is CCOP(=O)(C(=O)c1c(C)cc(CBr)cc1C)c1ccccc1. The fraction of sp³-hybridized carbons (Fsp3) is 0.278. The van der Waals surface area contributed by atoms with Crippen LogP contribution in [0, 0.1) is 13.8 Å². The minimum atomic E-state index is -3.61. The molecule has 0 bridgehead atoms. The van der Waals surface area contributed by atoms with E-state index in [9.17, 15) is 9.36 Å². The summed E-state index contributed by atoms with van der Waals surface area (Å²) in [6.07, 6.45) is 0. The van der Waals surface area contributed by atoms with Crippen LogP contribution in [0.5, 0.6) is 0 Å². The lowest BCUT2D eigenvalue weighted by Gasteiger charge is -2.19. The summed E-state index contributed by atoms with van der Waals surface area (Å²) < 4.78 is 18.9. The molecule has 2 rings (SSSR count). The number of rotatable bonds is 6. The van der Waals surface area contributed by atoms with Gasteiger partial charge < -0.3 is 4.52 Å². The number of benzene rings is 2. The number of hydrogen-bond acceptors (Lipinski definition) is 3. The van der Waals surface area contributed by atoms with Gasteiger partial charge in [0.2, 0.25) is 0 Å². The minimum absolute atomic E-state index is 0.218. The predicted octanol–water partition coefficient (Wildman–Crippen LogP) is 4.98. The third-order valence-corrected chi connectivity index (χ3v) is 6.64. The molecule has 0 radical (unpaired) electrons. The Hall–Kier alpha value is -1.22. The molecule has 2 aromatic rings. The molecule has 0 heterocycles. The van der Waals surface area contributed by atoms with E-state index < -0.39 is 12.9 Å². The number of alkyl halides is 1. The van der Waals surface area contributed by atoms with E-state index >= 15 is 0 Å². The van der Waals surface area contributed by atoms with Crippen molar-refractivity contribution in [3.05, 3.63) is 64.7 Å². The molecule has 0 aliphatic rings. The van der Waals surface area contributed by atoms with Gasteiger partial charge in [-0.25, -0.2) is 0 Å². The van der Waals surface area contributed by atoms with E-state index in [1.165, 1.54) is 0 Å². The van der Waals surface area contributed by atoms with E-state index in [4.69, 9.17) is 4.52 Å². The van der Waals surface area contributed by atoms with E-state index in [0.29, 0.717) is 16.2 Å². The number of carbonyl (C=O) groups excluding carboxylic acids is 1. The molecule has 5 heteroatoms. The van der Waals surface area contributed by atoms with E-state index in [1.807, 2.05) is 32.0 Å². The molecule has 0 spiro atoms. The first-order valence-corrected chi connectivity index (χ1v) is 10.2. The lowest BCUT2D eigenvalue weighted by Crippen LogP contribution is -2.17. The summed E-state index contributed by atoms with van der Waals surface area (Å²) in [6, 6.07) is 12.6. The molecule has 3 nitrogen and oxygen atoms in total. The second-order valence-electron chi connectivity index (χ2n) is 5.35. The fourth-order valence-electron chi connectivity index (χ4n) is 2.67. The Bertz CT molecular complexity index is 733. The monoisotopic (exact) mass is 394 g/mol. The molecule has 23 heavy (non-hydrogen) atoms. The third kappa shape index (κ3) is 3.65. The summed E-state index contributed by atoms with van der Waals surface area (Å²) in [4.78, 5) is 13.1. The predicted molar refractivity (Wildman–Crippen MR) is 98.2 cm³/mol. The van der Waals surface area contributed by atoms with Crippen LogP contribution in [-0.2, 0) is 14.4 Å². The zero-order chi connectivity index (χ0) is 17.0. The van der Waals surface area contributed by atoms with Gasteiger partial charge in [-0.05, 0) is 49.6 Å². The molecule has 0 aliphatic carbocycles. The molecule has 0 N–H and O–H groups in total. The normalized spacial score (nSPS) is 13.6.